The lowest BCUT2D eigenvalue weighted by atomic mass is 9.35. The number of amides is 1. The van der Waals surface area contributed by atoms with E-state index < -0.39 is 17.7 Å². The zero-order valence-electron chi connectivity index (χ0n) is 15.1. The first kappa shape index (κ1) is 17.8. The van der Waals surface area contributed by atoms with Crippen molar-refractivity contribution >= 4 is 12.1 Å². The van der Waals surface area contributed by atoms with Crippen LogP contribution in [0.3, 0.4) is 0 Å². The monoisotopic (exact) mass is 372 g/mol. The molecule has 1 aromatic carbocycles. The van der Waals surface area contributed by atoms with Crippen molar-refractivity contribution in [3.63, 3.8) is 0 Å². The quantitative estimate of drug-likeness (QED) is 0.730. The van der Waals surface area contributed by atoms with Crippen molar-refractivity contribution in [1.29, 1.82) is 5.41 Å². The van der Waals surface area contributed by atoms with Crippen LogP contribution in [0, 0.1) is 34.8 Å². The van der Waals surface area contributed by atoms with Gasteiger partial charge in [-0.3, -0.25) is 9.48 Å². The number of carbonyl (C=O) groups is 1. The predicted octanol–water partition coefficient (Wildman–Crippen LogP) is 3.54. The van der Waals surface area contributed by atoms with Crippen molar-refractivity contribution in [2.45, 2.75) is 45.2 Å². The third-order valence-corrected chi connectivity index (χ3v) is 5.83. The summed E-state index contributed by atoms with van der Waals surface area (Å²) in [6, 6.07) is 2.62. The van der Waals surface area contributed by atoms with Gasteiger partial charge in [-0.2, -0.15) is 5.10 Å². The summed E-state index contributed by atoms with van der Waals surface area (Å²) in [6.07, 6.45) is 7.60. The number of hydrogen-bond donors (Lipinski definition) is 2. The Hall–Kier alpha value is -2.57. The third kappa shape index (κ3) is 3.15. The number of nitrogens with one attached hydrogen (secondary N) is 2. The predicted molar refractivity (Wildman–Crippen MR) is 96.3 cm³/mol. The molecule has 142 valence electrons. The molecule has 2 N–H and O–H groups in total. The van der Waals surface area contributed by atoms with Crippen molar-refractivity contribution in [3.05, 3.63) is 53.4 Å². The Balaban J connectivity index is 1.41. The molecule has 0 aliphatic heterocycles. The topological polar surface area (TPSA) is 70.8 Å². The molecule has 7 heteroatoms. The maximum Gasteiger partial charge on any atom is 0.226 e. The molecule has 1 amide bonds. The largest absolute Gasteiger partial charge is 0.348 e. The highest BCUT2D eigenvalue weighted by Crippen LogP contribution is 2.74. The highest BCUT2D eigenvalue weighted by atomic mass is 19.1. The van der Waals surface area contributed by atoms with Crippen LogP contribution >= 0.6 is 0 Å². The van der Waals surface area contributed by atoms with E-state index in [0.29, 0.717) is 5.56 Å². The molecule has 0 radical (unpaired) electrons. The lowest BCUT2D eigenvalue weighted by Gasteiger charge is -2.69. The van der Waals surface area contributed by atoms with Crippen LogP contribution in [0.15, 0.2) is 30.6 Å². The summed E-state index contributed by atoms with van der Waals surface area (Å²) in [5.41, 5.74) is 1.22. The van der Waals surface area contributed by atoms with E-state index in [-0.39, 0.29) is 23.2 Å². The fourth-order valence-corrected chi connectivity index (χ4v) is 4.79. The fourth-order valence-electron chi connectivity index (χ4n) is 4.79. The van der Waals surface area contributed by atoms with Gasteiger partial charge in [0.25, 0.3) is 0 Å². The Morgan fingerprint density at radius 2 is 2.00 bits per heavy atom. The van der Waals surface area contributed by atoms with Gasteiger partial charge in [-0.1, -0.05) is 0 Å². The molecule has 5 nitrogen and oxygen atoms in total. The lowest BCUT2D eigenvalue weighted by molar-refractivity contribution is -0.214. The second-order valence-corrected chi connectivity index (χ2v) is 8.19. The van der Waals surface area contributed by atoms with Crippen molar-refractivity contribution in [2.75, 3.05) is 0 Å². The van der Waals surface area contributed by atoms with Gasteiger partial charge >= 0.3 is 0 Å². The number of benzene rings is 1. The van der Waals surface area contributed by atoms with Crippen LogP contribution in [0.25, 0.3) is 0 Å². The van der Waals surface area contributed by atoms with E-state index in [1.54, 1.807) is 0 Å². The number of carbonyl (C=O) groups excluding carboxylic acids is 1. The molecule has 3 fully saturated rings. The maximum atomic E-state index is 13.5. The molecule has 3 aliphatic rings. The molecule has 1 atom stereocenters. The zero-order chi connectivity index (χ0) is 19.2. The molecule has 0 spiro atoms. The van der Waals surface area contributed by atoms with Gasteiger partial charge in [0.15, 0.2) is 0 Å². The lowest BCUT2D eigenvalue weighted by Crippen LogP contribution is -2.69. The molecule has 5 rings (SSSR count). The summed E-state index contributed by atoms with van der Waals surface area (Å²) in [7, 11) is 0. The molecule has 2 bridgehead atoms. The minimum absolute atomic E-state index is 0.0856. The summed E-state index contributed by atoms with van der Waals surface area (Å²) in [6.45, 7) is 2.81. The molecular formula is C20H22F2N4O. The maximum absolute atomic E-state index is 13.5. The second-order valence-electron chi connectivity index (χ2n) is 8.19. The minimum Gasteiger partial charge on any atom is -0.348 e. The number of hydrogen-bond acceptors (Lipinski definition) is 3. The Labute approximate surface area is 156 Å². The normalized spacial score (nSPS) is 26.6. The first-order chi connectivity index (χ1) is 12.8. The van der Waals surface area contributed by atoms with Gasteiger partial charge in [0.2, 0.25) is 5.91 Å². The van der Waals surface area contributed by atoms with Crippen molar-refractivity contribution < 1.29 is 13.6 Å². The molecular weight excluding hydrogens is 350 g/mol. The zero-order valence-corrected chi connectivity index (χ0v) is 15.1. The van der Waals surface area contributed by atoms with Gasteiger partial charge in [0.05, 0.1) is 17.7 Å². The van der Waals surface area contributed by atoms with E-state index in [2.05, 4.69) is 10.4 Å². The molecule has 1 aromatic heterocycles. The van der Waals surface area contributed by atoms with E-state index in [4.69, 9.17) is 5.41 Å². The first-order valence-corrected chi connectivity index (χ1v) is 9.08. The van der Waals surface area contributed by atoms with Gasteiger partial charge in [0.1, 0.15) is 11.6 Å². The van der Waals surface area contributed by atoms with Crippen LogP contribution in [0.5, 0.6) is 0 Å². The minimum atomic E-state index is -0.687. The van der Waals surface area contributed by atoms with Crippen LogP contribution in [-0.2, 0) is 11.3 Å². The van der Waals surface area contributed by atoms with E-state index >= 15 is 0 Å². The van der Waals surface area contributed by atoms with E-state index in [9.17, 15) is 13.6 Å². The Kier molecular flexibility index (Phi) is 4.13. The summed E-state index contributed by atoms with van der Waals surface area (Å²) < 4.78 is 29.0. The van der Waals surface area contributed by atoms with Crippen LogP contribution in [-0.4, -0.2) is 21.9 Å². The molecule has 1 unspecified atom stereocenters. The highest BCUT2D eigenvalue weighted by molar-refractivity contribution is 5.87. The van der Waals surface area contributed by atoms with Crippen molar-refractivity contribution in [2.24, 2.45) is 10.8 Å². The van der Waals surface area contributed by atoms with Gasteiger partial charge in [-0.15, -0.1) is 0 Å². The third-order valence-electron chi connectivity index (χ3n) is 5.83. The molecule has 3 aliphatic carbocycles. The molecule has 3 saturated carbocycles. The summed E-state index contributed by atoms with van der Waals surface area (Å²) in [5.74, 6) is -1.46. The highest BCUT2D eigenvalue weighted by Gasteiger charge is 2.71. The van der Waals surface area contributed by atoms with E-state index in [1.165, 1.54) is 12.1 Å². The number of halogens is 2. The molecule has 2 aromatic rings. The Bertz CT molecular complexity index is 867. The Morgan fingerprint density at radius 3 is 2.56 bits per heavy atom. The van der Waals surface area contributed by atoms with Crippen LogP contribution in [0.1, 0.15) is 42.9 Å². The van der Waals surface area contributed by atoms with Crippen LogP contribution in [0.4, 0.5) is 8.78 Å². The standard InChI is InChI=1S/C20H22F2N4O/c1-13-7-24-26(8-13)12-19-9-20(10-19,11-19)18(27)25-17(2-3-23)14-4-15(21)6-16(22)5-14/h3-8,17,23H,2,9-12H2,1H3,(H,25,27). The smallest absolute Gasteiger partial charge is 0.226 e. The SMILES string of the molecule is Cc1cnn(CC23CC(C(=O)NC(CC=N)c4cc(F)cc(F)c4)(C2)C3)c1. The van der Waals surface area contributed by atoms with Crippen LogP contribution < -0.4 is 5.32 Å². The molecule has 0 saturated heterocycles. The number of nitrogens with zero attached hydrogens (tertiary/aromatic N) is 2. The van der Waals surface area contributed by atoms with Crippen LogP contribution in [0.2, 0.25) is 0 Å². The number of rotatable bonds is 7. The first-order valence-electron chi connectivity index (χ1n) is 9.08. The van der Waals surface area contributed by atoms with Gasteiger partial charge in [-0.25, -0.2) is 8.78 Å². The average molecular weight is 372 g/mol. The summed E-state index contributed by atoms with van der Waals surface area (Å²) >= 11 is 0. The van der Waals surface area contributed by atoms with Crippen molar-refractivity contribution in [1.82, 2.24) is 15.1 Å². The second kappa shape index (κ2) is 6.25. The summed E-state index contributed by atoms with van der Waals surface area (Å²) in [4.78, 5) is 12.8. The average Bonchev–Trinajstić information content (AvgIpc) is 2.93. The summed E-state index contributed by atoms with van der Waals surface area (Å²) in [5, 5.41) is 14.6. The van der Waals surface area contributed by atoms with Crippen molar-refractivity contribution in [3.8, 4) is 0 Å². The molecule has 27 heavy (non-hydrogen) atoms. The Morgan fingerprint density at radius 1 is 1.33 bits per heavy atom. The number of aromatic nitrogens is 2. The van der Waals surface area contributed by atoms with Gasteiger partial charge < -0.3 is 10.7 Å². The fraction of sp³-hybridized carbons (Fsp3) is 0.450. The van der Waals surface area contributed by atoms with E-state index in [1.807, 2.05) is 24.0 Å². The molecule has 1 heterocycles. The van der Waals surface area contributed by atoms with E-state index in [0.717, 1.165) is 43.7 Å². The van der Waals surface area contributed by atoms with Gasteiger partial charge in [-0.05, 0) is 61.1 Å². The number of aryl methyl sites for hydroxylation is 1. The van der Waals surface area contributed by atoms with Gasteiger partial charge in [0, 0.05) is 25.2 Å².